The molecule has 6 nitrogen and oxygen atoms in total. The maximum Gasteiger partial charge on any atom is 0.250 e. The normalized spacial score (nSPS) is 12.6. The smallest absolute Gasteiger partial charge is 0.250 e. The first-order valence-electron chi connectivity index (χ1n) is 7.98. The van der Waals surface area contributed by atoms with Crippen molar-refractivity contribution in [2.75, 3.05) is 12.5 Å². The van der Waals surface area contributed by atoms with Crippen molar-refractivity contribution in [1.82, 2.24) is 10.4 Å². The zero-order valence-corrected chi connectivity index (χ0v) is 14.5. The molecule has 3 aromatic rings. The minimum Gasteiger partial charge on any atom is -0.454 e. The number of hydrogen-bond acceptors (Lipinski definition) is 6. The molecule has 0 spiro atoms. The first-order valence-corrected chi connectivity index (χ1v) is 8.97. The van der Waals surface area contributed by atoms with Gasteiger partial charge in [0.25, 0.3) is 0 Å². The Morgan fingerprint density at radius 3 is 3.00 bits per heavy atom. The van der Waals surface area contributed by atoms with Crippen molar-refractivity contribution in [3.8, 4) is 11.5 Å². The highest BCUT2D eigenvalue weighted by molar-refractivity contribution is 7.99. The van der Waals surface area contributed by atoms with Gasteiger partial charge in [-0.2, -0.15) is 5.10 Å². The second-order valence-electron chi connectivity index (χ2n) is 5.54. The fourth-order valence-corrected chi connectivity index (χ4v) is 3.14. The summed E-state index contributed by atoms with van der Waals surface area (Å²) in [6.45, 7) is 0.229. The Labute approximate surface area is 154 Å². The Hall–Kier alpha value is -3.06. The third-order valence-corrected chi connectivity index (χ3v) is 4.65. The molecule has 26 heavy (non-hydrogen) atoms. The molecule has 1 amide bonds. The summed E-state index contributed by atoms with van der Waals surface area (Å²) < 4.78 is 10.6. The summed E-state index contributed by atoms with van der Waals surface area (Å²) in [5, 5.41) is 5.86. The molecule has 0 bridgehead atoms. The average Bonchev–Trinajstić information content (AvgIpc) is 3.14. The van der Waals surface area contributed by atoms with Crippen LogP contribution in [0.1, 0.15) is 5.56 Å². The van der Waals surface area contributed by atoms with Crippen molar-refractivity contribution in [3.05, 3.63) is 60.2 Å². The lowest BCUT2D eigenvalue weighted by Crippen LogP contribution is -2.19. The van der Waals surface area contributed by atoms with Crippen LogP contribution in [0.3, 0.4) is 0 Å². The predicted molar refractivity (Wildman–Crippen MR) is 101 cm³/mol. The van der Waals surface area contributed by atoms with Crippen LogP contribution in [0.25, 0.3) is 10.9 Å². The standard InChI is InChI=1S/C19H15N3O3S/c23-18(11-26-19-8-6-14-3-1-2-4-15(14)21-19)22-20-10-13-5-7-16-17(9-13)25-12-24-16/h1-10H,11-12H2,(H,22,23)/b20-10+. The number of hydrogen-bond donors (Lipinski definition) is 1. The van der Waals surface area contributed by atoms with E-state index < -0.39 is 0 Å². The SMILES string of the molecule is O=C(CSc1ccc2ccccc2n1)N/N=C/c1ccc2c(c1)OCO2. The van der Waals surface area contributed by atoms with E-state index in [4.69, 9.17) is 9.47 Å². The monoisotopic (exact) mass is 365 g/mol. The number of thioether (sulfide) groups is 1. The third-order valence-electron chi connectivity index (χ3n) is 3.72. The molecule has 7 heteroatoms. The van der Waals surface area contributed by atoms with Crippen LogP contribution >= 0.6 is 11.8 Å². The van der Waals surface area contributed by atoms with Gasteiger partial charge in [0.05, 0.1) is 22.5 Å². The van der Waals surface area contributed by atoms with Crippen LogP contribution in [-0.4, -0.2) is 29.7 Å². The largest absolute Gasteiger partial charge is 0.454 e. The number of pyridine rings is 1. The van der Waals surface area contributed by atoms with E-state index in [-0.39, 0.29) is 18.5 Å². The fraction of sp³-hybridized carbons (Fsp3) is 0.105. The molecule has 0 aliphatic carbocycles. The molecule has 0 saturated heterocycles. The number of ether oxygens (including phenoxy) is 2. The molecule has 1 aromatic heterocycles. The molecule has 2 heterocycles. The van der Waals surface area contributed by atoms with Gasteiger partial charge in [-0.15, -0.1) is 0 Å². The summed E-state index contributed by atoms with van der Waals surface area (Å²) in [4.78, 5) is 16.5. The summed E-state index contributed by atoms with van der Waals surface area (Å²) in [6.07, 6.45) is 1.57. The van der Waals surface area contributed by atoms with E-state index >= 15 is 0 Å². The zero-order valence-electron chi connectivity index (χ0n) is 13.7. The topological polar surface area (TPSA) is 72.8 Å². The minimum atomic E-state index is -0.193. The molecule has 4 rings (SSSR count). The van der Waals surface area contributed by atoms with Gasteiger partial charge in [-0.05, 0) is 35.9 Å². The Balaban J connectivity index is 1.30. The maximum absolute atomic E-state index is 11.9. The van der Waals surface area contributed by atoms with Gasteiger partial charge in [0.1, 0.15) is 0 Å². The van der Waals surface area contributed by atoms with Gasteiger partial charge < -0.3 is 9.47 Å². The highest BCUT2D eigenvalue weighted by Gasteiger charge is 2.12. The summed E-state index contributed by atoms with van der Waals surface area (Å²) in [5.74, 6) is 1.44. The summed E-state index contributed by atoms with van der Waals surface area (Å²) >= 11 is 1.37. The van der Waals surface area contributed by atoms with Crippen molar-refractivity contribution in [2.24, 2.45) is 5.10 Å². The summed E-state index contributed by atoms with van der Waals surface area (Å²) in [7, 11) is 0. The van der Waals surface area contributed by atoms with E-state index in [1.165, 1.54) is 11.8 Å². The van der Waals surface area contributed by atoms with Crippen molar-refractivity contribution < 1.29 is 14.3 Å². The van der Waals surface area contributed by atoms with Crippen LogP contribution in [0.2, 0.25) is 0 Å². The van der Waals surface area contributed by atoms with E-state index in [9.17, 15) is 4.79 Å². The molecular weight excluding hydrogens is 350 g/mol. The summed E-state index contributed by atoms with van der Waals surface area (Å²) in [6, 6.07) is 17.3. The van der Waals surface area contributed by atoms with E-state index in [0.717, 1.165) is 21.5 Å². The number of carbonyl (C=O) groups excluding carboxylic acids is 1. The molecule has 2 aromatic carbocycles. The Kier molecular flexibility index (Phi) is 4.70. The van der Waals surface area contributed by atoms with Crippen molar-refractivity contribution in [1.29, 1.82) is 0 Å². The van der Waals surface area contributed by atoms with E-state index in [1.54, 1.807) is 6.21 Å². The Morgan fingerprint density at radius 1 is 1.15 bits per heavy atom. The van der Waals surface area contributed by atoms with Gasteiger partial charge in [0.2, 0.25) is 12.7 Å². The molecule has 0 unspecified atom stereocenters. The number of nitrogens with one attached hydrogen (secondary N) is 1. The van der Waals surface area contributed by atoms with Crippen LogP contribution in [0.5, 0.6) is 11.5 Å². The third kappa shape index (κ3) is 3.78. The molecular formula is C19H15N3O3S. The van der Waals surface area contributed by atoms with Crippen molar-refractivity contribution in [2.45, 2.75) is 5.03 Å². The van der Waals surface area contributed by atoms with Crippen LogP contribution in [0, 0.1) is 0 Å². The van der Waals surface area contributed by atoms with E-state index in [2.05, 4.69) is 15.5 Å². The molecule has 0 saturated carbocycles. The Morgan fingerprint density at radius 2 is 2.04 bits per heavy atom. The lowest BCUT2D eigenvalue weighted by Gasteiger charge is -2.02. The lowest BCUT2D eigenvalue weighted by molar-refractivity contribution is -0.118. The minimum absolute atomic E-state index is 0.193. The van der Waals surface area contributed by atoms with Gasteiger partial charge in [-0.1, -0.05) is 36.0 Å². The first-order chi connectivity index (χ1) is 12.8. The molecule has 130 valence electrons. The molecule has 0 atom stereocenters. The van der Waals surface area contributed by atoms with Gasteiger partial charge in [-0.25, -0.2) is 10.4 Å². The number of hydrazone groups is 1. The lowest BCUT2D eigenvalue weighted by atomic mass is 10.2. The number of rotatable bonds is 5. The van der Waals surface area contributed by atoms with E-state index in [0.29, 0.717) is 11.5 Å². The number of carbonyl (C=O) groups is 1. The molecule has 1 aliphatic rings. The molecule has 0 radical (unpaired) electrons. The second-order valence-corrected chi connectivity index (χ2v) is 6.53. The number of amides is 1. The van der Waals surface area contributed by atoms with Crippen LogP contribution in [0.15, 0.2) is 64.7 Å². The number of fused-ring (bicyclic) bond motifs is 2. The number of para-hydroxylation sites is 1. The summed E-state index contributed by atoms with van der Waals surface area (Å²) in [5.41, 5.74) is 4.25. The predicted octanol–water partition coefficient (Wildman–Crippen LogP) is 3.21. The number of benzene rings is 2. The number of aromatic nitrogens is 1. The first kappa shape index (κ1) is 16.4. The van der Waals surface area contributed by atoms with Gasteiger partial charge in [-0.3, -0.25) is 4.79 Å². The van der Waals surface area contributed by atoms with Gasteiger partial charge in [0.15, 0.2) is 11.5 Å². The fourth-order valence-electron chi connectivity index (χ4n) is 2.47. The van der Waals surface area contributed by atoms with Crippen LogP contribution in [-0.2, 0) is 4.79 Å². The average molecular weight is 365 g/mol. The number of nitrogens with zero attached hydrogens (tertiary/aromatic N) is 2. The quantitative estimate of drug-likeness (QED) is 0.427. The molecule has 1 N–H and O–H groups in total. The van der Waals surface area contributed by atoms with Crippen molar-refractivity contribution >= 4 is 34.8 Å². The molecule has 1 aliphatic heterocycles. The molecule has 0 fully saturated rings. The van der Waals surface area contributed by atoms with Gasteiger partial charge >= 0.3 is 0 Å². The zero-order chi connectivity index (χ0) is 17.8. The van der Waals surface area contributed by atoms with Gasteiger partial charge in [0, 0.05) is 5.39 Å². The second kappa shape index (κ2) is 7.45. The van der Waals surface area contributed by atoms with Crippen LogP contribution in [0.4, 0.5) is 0 Å². The van der Waals surface area contributed by atoms with E-state index in [1.807, 2.05) is 54.6 Å². The van der Waals surface area contributed by atoms with Crippen LogP contribution < -0.4 is 14.9 Å². The van der Waals surface area contributed by atoms with Crippen molar-refractivity contribution in [3.63, 3.8) is 0 Å². The highest BCUT2D eigenvalue weighted by Crippen LogP contribution is 2.31. The highest BCUT2D eigenvalue weighted by atomic mass is 32.2. The Bertz CT molecular complexity index is 991. The maximum atomic E-state index is 11.9.